The minimum Gasteiger partial charge on any atom is -0.382 e. The van der Waals surface area contributed by atoms with Crippen LogP contribution in [-0.2, 0) is 13.1 Å². The topological polar surface area (TPSA) is 66.2 Å². The average molecular weight is 747 g/mol. The summed E-state index contributed by atoms with van der Waals surface area (Å²) in [6.07, 6.45) is 9.77. The quantitative estimate of drug-likeness (QED) is 0.137. The zero-order chi connectivity index (χ0) is 38.0. The van der Waals surface area contributed by atoms with E-state index >= 15 is 0 Å². The average Bonchev–Trinajstić information content (AvgIpc) is 3.25. The van der Waals surface area contributed by atoms with Gasteiger partial charge in [0, 0.05) is 71.8 Å². The lowest BCUT2D eigenvalue weighted by Gasteiger charge is -2.58. The maximum Gasteiger partial charge on any atom is 0.131 e. The van der Waals surface area contributed by atoms with E-state index in [1.807, 2.05) is 24.5 Å². The molecule has 6 heteroatoms. The highest BCUT2D eigenvalue weighted by Crippen LogP contribution is 2.50. The van der Waals surface area contributed by atoms with E-state index in [2.05, 4.69) is 109 Å². The Morgan fingerprint density at radius 1 is 0.589 bits per heavy atom. The summed E-state index contributed by atoms with van der Waals surface area (Å²) >= 11 is 0. The third-order valence-electron chi connectivity index (χ3n) is 15.7. The summed E-state index contributed by atoms with van der Waals surface area (Å²) < 4.78 is 1.92. The molecule has 6 saturated heterocycles. The van der Waals surface area contributed by atoms with Crippen molar-refractivity contribution in [2.45, 2.75) is 89.8 Å². The fourth-order valence-corrected chi connectivity index (χ4v) is 12.8. The second-order valence-corrected chi connectivity index (χ2v) is 18.3. The Morgan fingerprint density at radius 3 is 1.52 bits per heavy atom. The molecule has 0 unspecified atom stereocenters. The van der Waals surface area contributed by atoms with Crippen LogP contribution < -0.4 is 0 Å². The van der Waals surface area contributed by atoms with E-state index in [4.69, 9.17) is 0 Å². The first-order valence-corrected chi connectivity index (χ1v) is 21.6. The highest BCUT2D eigenvalue weighted by atomic mass is 16.3. The molecule has 8 heterocycles. The molecule has 6 aromatic rings. The van der Waals surface area contributed by atoms with E-state index in [1.165, 1.54) is 47.6 Å². The minimum absolute atomic E-state index is 0.162. The van der Waals surface area contributed by atoms with E-state index in [9.17, 15) is 10.2 Å². The van der Waals surface area contributed by atoms with Gasteiger partial charge in [-0.15, -0.1) is 0 Å². The molecule has 288 valence electrons. The number of nitrogens with zero attached hydrogens (tertiary/aromatic N) is 4. The summed E-state index contributed by atoms with van der Waals surface area (Å²) in [7, 11) is 0. The Hall–Kier alpha value is -4.20. The molecule has 4 aromatic carbocycles. The van der Waals surface area contributed by atoms with Crippen LogP contribution in [0.4, 0.5) is 0 Å². The minimum atomic E-state index is -0.529. The number of hydrogen-bond acceptors (Lipinski definition) is 4. The van der Waals surface area contributed by atoms with Gasteiger partial charge in [-0.2, -0.15) is 0 Å². The molecule has 0 saturated carbocycles. The van der Waals surface area contributed by atoms with Crippen LogP contribution in [0.15, 0.2) is 109 Å². The van der Waals surface area contributed by atoms with Gasteiger partial charge in [0.25, 0.3) is 0 Å². The number of fused-ring (bicyclic) bond motifs is 9. The Labute approximate surface area is 332 Å². The zero-order valence-corrected chi connectivity index (χ0v) is 33.2. The molecule has 56 heavy (non-hydrogen) atoms. The Morgan fingerprint density at radius 2 is 1.05 bits per heavy atom. The Kier molecular flexibility index (Phi) is 9.25. The van der Waals surface area contributed by atoms with Crippen LogP contribution in [0, 0.1) is 23.7 Å². The van der Waals surface area contributed by atoms with Gasteiger partial charge in [-0.1, -0.05) is 74.5 Å². The molecule has 6 aliphatic heterocycles. The molecule has 2 aromatic heterocycles. The summed E-state index contributed by atoms with van der Waals surface area (Å²) in [6.45, 7) is 11.2. The van der Waals surface area contributed by atoms with E-state index in [1.54, 1.807) is 0 Å². The van der Waals surface area contributed by atoms with Gasteiger partial charge >= 0.3 is 0 Å². The summed E-state index contributed by atoms with van der Waals surface area (Å²) in [6, 6.07) is 35.3. The Balaban J connectivity index is 0.970. The van der Waals surface area contributed by atoms with Crippen LogP contribution >= 0.6 is 0 Å². The van der Waals surface area contributed by atoms with Crippen LogP contribution in [0.3, 0.4) is 0 Å². The number of para-hydroxylation sites is 2. The van der Waals surface area contributed by atoms with Crippen molar-refractivity contribution in [1.29, 1.82) is 0 Å². The maximum atomic E-state index is 12.3. The van der Waals surface area contributed by atoms with Crippen molar-refractivity contribution >= 4 is 32.6 Å². The van der Waals surface area contributed by atoms with E-state index in [0.29, 0.717) is 23.7 Å². The molecule has 10 atom stereocenters. The molecule has 0 amide bonds. The summed E-state index contributed by atoms with van der Waals surface area (Å²) in [4.78, 5) is 9.25. The summed E-state index contributed by atoms with van der Waals surface area (Å²) in [5.41, 5.74) is 6.72. The zero-order valence-electron chi connectivity index (χ0n) is 33.2. The van der Waals surface area contributed by atoms with Crippen molar-refractivity contribution in [3.8, 4) is 0 Å². The predicted octanol–water partition coefficient (Wildman–Crippen LogP) is 9.67. The van der Waals surface area contributed by atoms with Gasteiger partial charge < -0.3 is 19.2 Å². The van der Waals surface area contributed by atoms with Gasteiger partial charge in [-0.05, 0) is 83.0 Å². The first-order chi connectivity index (χ1) is 27.4. The van der Waals surface area contributed by atoms with Gasteiger partial charge in [0.1, 0.15) is 37.4 Å². The fourth-order valence-electron chi connectivity index (χ4n) is 12.8. The standard InChI is InChI=1S/C50H58N4O2/c1-3-35-31-53(23-19-38(35)27-47(53)49(55)43-17-21-51-45-11-7-5-9-41(43)45)29-33-13-15-37-16-14-34(26-40(37)25-33)30-54-24-20-39(36(4-2)32-54)28-48(54)50(56)44-18-22-52-46-12-8-6-10-42(44)46/h5-18,21-22,25-26,35-36,38-39,47-50,55-56H,3-4,19-20,23-24,27-32H2,1-2H3/q+2/t35-,36-,38-,39-,47-,48-,49+,50+,53+,54+/m0/s1. The van der Waals surface area contributed by atoms with E-state index in [-0.39, 0.29) is 12.1 Å². The van der Waals surface area contributed by atoms with Gasteiger partial charge in [0.2, 0.25) is 0 Å². The first kappa shape index (κ1) is 36.2. The third-order valence-corrected chi connectivity index (χ3v) is 15.7. The van der Waals surface area contributed by atoms with Crippen molar-refractivity contribution < 1.29 is 19.2 Å². The Bertz CT molecular complexity index is 2220. The molecule has 0 aliphatic carbocycles. The van der Waals surface area contributed by atoms with Gasteiger partial charge in [0.05, 0.1) is 37.2 Å². The SMILES string of the molecule is CC[C@H]1C[N@+]2(Cc3ccc4ccc(C[N@@+]56CC[C@@H](C[C@H]5[C@H](O)c5ccnc7ccccc57)[C@@H](CC)C6)cc4c3)CC[C@H]1C[C@H]2[C@H](O)c1ccnc2ccccc12. The number of aliphatic hydroxyl groups is 2. The lowest BCUT2D eigenvalue weighted by molar-refractivity contribution is -0.985. The number of aliphatic hydroxyl groups excluding tert-OH is 2. The van der Waals surface area contributed by atoms with Crippen LogP contribution in [0.1, 0.15) is 86.8 Å². The van der Waals surface area contributed by atoms with E-state index < -0.39 is 12.2 Å². The molecule has 0 spiro atoms. The summed E-state index contributed by atoms with van der Waals surface area (Å²) in [5.74, 6) is 2.78. The first-order valence-electron chi connectivity index (χ1n) is 21.6. The molecular formula is C50H58N4O2+2. The van der Waals surface area contributed by atoms with Crippen molar-refractivity contribution in [3.05, 3.63) is 132 Å². The van der Waals surface area contributed by atoms with Gasteiger partial charge in [0.15, 0.2) is 0 Å². The molecule has 2 N–H and O–H groups in total. The fraction of sp³-hybridized carbons (Fsp3) is 0.440. The maximum absolute atomic E-state index is 12.3. The second-order valence-electron chi connectivity index (χ2n) is 18.3. The van der Waals surface area contributed by atoms with Crippen molar-refractivity contribution in [3.63, 3.8) is 0 Å². The normalized spacial score (nSPS) is 30.9. The van der Waals surface area contributed by atoms with Crippen LogP contribution in [0.25, 0.3) is 32.6 Å². The molecular weight excluding hydrogens is 689 g/mol. The molecule has 6 aliphatic rings. The van der Waals surface area contributed by atoms with Crippen LogP contribution in [-0.4, -0.2) is 67.4 Å². The van der Waals surface area contributed by atoms with Crippen LogP contribution in [0.2, 0.25) is 0 Å². The molecule has 6 fully saturated rings. The monoisotopic (exact) mass is 746 g/mol. The molecule has 12 rings (SSSR count). The van der Waals surface area contributed by atoms with Gasteiger partial charge in [-0.25, -0.2) is 0 Å². The van der Waals surface area contributed by atoms with Crippen molar-refractivity contribution in [2.75, 3.05) is 26.2 Å². The molecule has 4 bridgehead atoms. The van der Waals surface area contributed by atoms with Crippen LogP contribution in [0.5, 0.6) is 0 Å². The molecule has 6 nitrogen and oxygen atoms in total. The van der Waals surface area contributed by atoms with Crippen molar-refractivity contribution in [2.24, 2.45) is 23.7 Å². The highest BCUT2D eigenvalue weighted by Gasteiger charge is 2.55. The predicted molar refractivity (Wildman–Crippen MR) is 225 cm³/mol. The molecule has 0 radical (unpaired) electrons. The van der Waals surface area contributed by atoms with E-state index in [0.717, 1.165) is 94.0 Å². The number of quaternary nitrogens is 2. The third kappa shape index (κ3) is 6.07. The summed E-state index contributed by atoms with van der Waals surface area (Å²) in [5, 5.41) is 29.4. The van der Waals surface area contributed by atoms with Crippen molar-refractivity contribution in [1.82, 2.24) is 9.97 Å². The number of benzene rings is 4. The lowest BCUT2D eigenvalue weighted by atomic mass is 9.70. The number of piperidine rings is 6. The number of rotatable bonds is 10. The number of aromatic nitrogens is 2. The largest absolute Gasteiger partial charge is 0.382 e. The highest BCUT2D eigenvalue weighted by molar-refractivity contribution is 5.84. The van der Waals surface area contributed by atoms with Gasteiger partial charge in [-0.3, -0.25) is 9.97 Å². The lowest BCUT2D eigenvalue weighted by Crippen LogP contribution is -2.67. The number of hydrogen-bond donors (Lipinski definition) is 2. The second kappa shape index (κ2) is 14.3. The smallest absolute Gasteiger partial charge is 0.131 e. The number of pyridine rings is 2.